The number of hydrogen-bond donors (Lipinski definition) is 1. The Morgan fingerprint density at radius 1 is 1.18 bits per heavy atom. The zero-order chi connectivity index (χ0) is 23.5. The molecule has 33 heavy (non-hydrogen) atoms. The number of alkyl halides is 3. The number of nitrogens with zero attached hydrogens (tertiary/aromatic N) is 4. The Hall–Kier alpha value is -3.01. The van der Waals surface area contributed by atoms with Crippen molar-refractivity contribution in [2.24, 2.45) is 0 Å². The number of hydrogen-bond acceptors (Lipinski definition) is 6. The molecule has 174 valence electrons. The predicted octanol–water partition coefficient (Wildman–Crippen LogP) is 4.95. The van der Waals surface area contributed by atoms with Gasteiger partial charge in [0.1, 0.15) is 5.82 Å². The summed E-state index contributed by atoms with van der Waals surface area (Å²) in [5.41, 5.74) is 1.70. The standard InChI is InChI=1S/C23H23F4N5O/c1-11(16-5-4-6-18(20(16)24)23(25,26)27)29-22-17-8-19(32-9-15-7-14(32)10-33-15)12(2)28-21(17)13(3)30-31-22/h4-6,8,11,14-15H,7,9-10H2,1-3H3,(H,29,31)/t11-,14?,15?/m1/s1. The number of halogens is 4. The lowest BCUT2D eigenvalue weighted by molar-refractivity contribution is -0.140. The molecule has 6 nitrogen and oxygen atoms in total. The Morgan fingerprint density at radius 2 is 1.97 bits per heavy atom. The second-order valence-electron chi connectivity index (χ2n) is 8.69. The molecule has 0 aliphatic carbocycles. The molecule has 2 saturated heterocycles. The molecule has 0 amide bonds. The van der Waals surface area contributed by atoms with Crippen molar-refractivity contribution in [2.75, 3.05) is 23.4 Å². The van der Waals surface area contributed by atoms with Gasteiger partial charge in [-0.15, -0.1) is 5.10 Å². The van der Waals surface area contributed by atoms with Gasteiger partial charge in [0.15, 0.2) is 5.82 Å². The first-order valence-electron chi connectivity index (χ1n) is 10.8. The molecule has 0 saturated carbocycles. The van der Waals surface area contributed by atoms with Gasteiger partial charge in [0.05, 0.1) is 52.9 Å². The fourth-order valence-electron chi connectivity index (χ4n) is 4.76. The highest BCUT2D eigenvalue weighted by atomic mass is 19.4. The van der Waals surface area contributed by atoms with Crippen molar-refractivity contribution in [3.63, 3.8) is 0 Å². The van der Waals surface area contributed by atoms with Crippen molar-refractivity contribution in [3.8, 4) is 0 Å². The van der Waals surface area contributed by atoms with Crippen LogP contribution < -0.4 is 10.2 Å². The lowest BCUT2D eigenvalue weighted by atomic mass is 10.0. The summed E-state index contributed by atoms with van der Waals surface area (Å²) in [5.74, 6) is -0.952. The monoisotopic (exact) mass is 461 g/mol. The van der Waals surface area contributed by atoms with E-state index in [-0.39, 0.29) is 11.7 Å². The molecule has 2 bridgehead atoms. The van der Waals surface area contributed by atoms with Crippen molar-refractivity contribution < 1.29 is 22.3 Å². The second kappa shape index (κ2) is 7.79. The SMILES string of the molecule is Cc1nc2c(C)nnc(N[C@H](C)c3cccc(C(F)(F)F)c3F)c2cc1N1CC2CC1CO2. The van der Waals surface area contributed by atoms with Crippen molar-refractivity contribution in [3.05, 3.63) is 52.6 Å². The third-order valence-corrected chi connectivity index (χ3v) is 6.45. The number of morpholine rings is 1. The minimum atomic E-state index is -4.77. The molecular formula is C23H23F4N5O. The van der Waals surface area contributed by atoms with E-state index in [4.69, 9.17) is 9.72 Å². The summed E-state index contributed by atoms with van der Waals surface area (Å²) in [5, 5.41) is 12.1. The summed E-state index contributed by atoms with van der Waals surface area (Å²) < 4.78 is 59.9. The van der Waals surface area contributed by atoms with Gasteiger partial charge in [-0.1, -0.05) is 12.1 Å². The lowest BCUT2D eigenvalue weighted by Crippen LogP contribution is -2.37. The van der Waals surface area contributed by atoms with Gasteiger partial charge in [-0.05, 0) is 39.3 Å². The molecule has 5 rings (SSSR count). The summed E-state index contributed by atoms with van der Waals surface area (Å²) in [6.45, 7) is 6.78. The Morgan fingerprint density at radius 3 is 2.64 bits per heavy atom. The first-order chi connectivity index (χ1) is 15.6. The number of benzene rings is 1. The van der Waals surface area contributed by atoms with E-state index in [9.17, 15) is 17.6 Å². The maximum absolute atomic E-state index is 14.7. The van der Waals surface area contributed by atoms with Gasteiger partial charge in [0.25, 0.3) is 0 Å². The van der Waals surface area contributed by atoms with E-state index in [1.54, 1.807) is 13.8 Å². The summed E-state index contributed by atoms with van der Waals surface area (Å²) in [4.78, 5) is 7.04. The predicted molar refractivity (Wildman–Crippen MR) is 116 cm³/mol. The molecule has 0 spiro atoms. The van der Waals surface area contributed by atoms with Crippen LogP contribution in [-0.2, 0) is 10.9 Å². The summed E-state index contributed by atoms with van der Waals surface area (Å²) in [7, 11) is 0. The highest BCUT2D eigenvalue weighted by Crippen LogP contribution is 2.38. The van der Waals surface area contributed by atoms with Crippen molar-refractivity contribution in [1.82, 2.24) is 15.2 Å². The zero-order valence-corrected chi connectivity index (χ0v) is 18.4. The van der Waals surface area contributed by atoms with E-state index in [1.807, 2.05) is 13.0 Å². The normalized spacial score (nSPS) is 21.1. The van der Waals surface area contributed by atoms with Crippen LogP contribution in [-0.4, -0.2) is 40.5 Å². The van der Waals surface area contributed by atoms with E-state index >= 15 is 0 Å². The quantitative estimate of drug-likeness (QED) is 0.555. The molecule has 1 N–H and O–H groups in total. The first-order valence-corrected chi connectivity index (χ1v) is 10.8. The van der Waals surface area contributed by atoms with Crippen LogP contribution in [0, 0.1) is 19.7 Å². The summed E-state index contributed by atoms with van der Waals surface area (Å²) in [6, 6.07) is 4.76. The van der Waals surface area contributed by atoms with Crippen LogP contribution in [0.15, 0.2) is 24.3 Å². The van der Waals surface area contributed by atoms with Gasteiger partial charge in [-0.2, -0.15) is 18.3 Å². The van der Waals surface area contributed by atoms with Crippen LogP contribution >= 0.6 is 0 Å². The average Bonchev–Trinajstić information content (AvgIpc) is 3.38. The van der Waals surface area contributed by atoms with E-state index in [0.717, 1.165) is 30.4 Å². The minimum absolute atomic E-state index is 0.102. The zero-order valence-electron chi connectivity index (χ0n) is 18.4. The second-order valence-corrected chi connectivity index (χ2v) is 8.69. The Bertz CT molecular complexity index is 1230. The van der Waals surface area contributed by atoms with Crippen LogP contribution in [0.1, 0.15) is 41.9 Å². The van der Waals surface area contributed by atoms with E-state index < -0.39 is 23.6 Å². The molecule has 2 aromatic heterocycles. The molecule has 2 unspecified atom stereocenters. The molecule has 10 heteroatoms. The fourth-order valence-corrected chi connectivity index (χ4v) is 4.76. The number of ether oxygens (including phenoxy) is 1. The van der Waals surface area contributed by atoms with Crippen molar-refractivity contribution in [2.45, 2.75) is 51.6 Å². The van der Waals surface area contributed by atoms with E-state index in [0.29, 0.717) is 35.1 Å². The molecule has 3 atom stereocenters. The molecule has 3 aromatic rings. The third kappa shape index (κ3) is 3.76. The van der Waals surface area contributed by atoms with Crippen LogP contribution in [0.2, 0.25) is 0 Å². The molecule has 2 aliphatic rings. The maximum Gasteiger partial charge on any atom is 0.419 e. The molecule has 0 radical (unpaired) electrons. The van der Waals surface area contributed by atoms with Gasteiger partial charge < -0.3 is 15.0 Å². The highest BCUT2D eigenvalue weighted by Gasteiger charge is 2.40. The third-order valence-electron chi connectivity index (χ3n) is 6.45. The number of nitrogens with one attached hydrogen (secondary N) is 1. The van der Waals surface area contributed by atoms with Gasteiger partial charge in [0, 0.05) is 17.5 Å². The van der Waals surface area contributed by atoms with Crippen LogP contribution in [0.4, 0.5) is 29.1 Å². The molecule has 1 aromatic carbocycles. The van der Waals surface area contributed by atoms with Gasteiger partial charge in [-0.3, -0.25) is 0 Å². The van der Waals surface area contributed by atoms with Gasteiger partial charge in [-0.25, -0.2) is 9.37 Å². The van der Waals surface area contributed by atoms with Crippen molar-refractivity contribution in [1.29, 1.82) is 0 Å². The number of aryl methyl sites for hydroxylation is 2. The van der Waals surface area contributed by atoms with E-state index in [1.165, 1.54) is 12.1 Å². The number of aromatic nitrogens is 3. The number of anilines is 2. The maximum atomic E-state index is 14.7. The van der Waals surface area contributed by atoms with Gasteiger partial charge in [0.2, 0.25) is 0 Å². The van der Waals surface area contributed by atoms with Gasteiger partial charge >= 0.3 is 6.18 Å². The molecule has 4 heterocycles. The number of rotatable bonds is 4. The minimum Gasteiger partial charge on any atom is -0.374 e. The average molecular weight is 461 g/mol. The van der Waals surface area contributed by atoms with Crippen molar-refractivity contribution >= 4 is 22.4 Å². The van der Waals surface area contributed by atoms with Crippen LogP contribution in [0.5, 0.6) is 0 Å². The Labute approximate surface area is 188 Å². The highest BCUT2D eigenvalue weighted by molar-refractivity contribution is 5.93. The van der Waals surface area contributed by atoms with E-state index in [2.05, 4.69) is 20.4 Å². The summed E-state index contributed by atoms with van der Waals surface area (Å²) in [6.07, 6.45) is -3.59. The topological polar surface area (TPSA) is 63.2 Å². The Balaban J connectivity index is 1.54. The molecular weight excluding hydrogens is 438 g/mol. The number of pyridine rings is 1. The number of fused-ring (bicyclic) bond motifs is 3. The first kappa shape index (κ1) is 21.8. The Kier molecular flexibility index (Phi) is 5.15. The lowest BCUT2D eigenvalue weighted by Gasteiger charge is -2.30. The fraction of sp³-hybridized carbons (Fsp3) is 0.435. The molecule has 2 aliphatic heterocycles. The smallest absolute Gasteiger partial charge is 0.374 e. The molecule has 2 fully saturated rings. The summed E-state index contributed by atoms with van der Waals surface area (Å²) >= 11 is 0. The largest absolute Gasteiger partial charge is 0.419 e. The van der Waals surface area contributed by atoms with Crippen LogP contribution in [0.3, 0.4) is 0 Å². The van der Waals surface area contributed by atoms with Crippen LogP contribution in [0.25, 0.3) is 10.9 Å².